The second kappa shape index (κ2) is 5.68. The number of methoxy groups -OCH3 is 1. The molecule has 0 aromatic rings. The van der Waals surface area contributed by atoms with Crippen LogP contribution in [0.1, 0.15) is 46.0 Å². The molecule has 0 aromatic carbocycles. The van der Waals surface area contributed by atoms with E-state index in [0.29, 0.717) is 17.6 Å². The SMILES string of the molecule is CCC(COC)N1CC2(CCCC2)NCC1C. The van der Waals surface area contributed by atoms with Gasteiger partial charge in [0.2, 0.25) is 0 Å². The van der Waals surface area contributed by atoms with Crippen LogP contribution in [0.5, 0.6) is 0 Å². The van der Waals surface area contributed by atoms with Gasteiger partial charge in [-0.15, -0.1) is 0 Å². The molecule has 100 valence electrons. The van der Waals surface area contributed by atoms with Gasteiger partial charge in [0.1, 0.15) is 0 Å². The Kier molecular flexibility index (Phi) is 4.45. The molecule has 1 saturated heterocycles. The fourth-order valence-corrected chi connectivity index (χ4v) is 3.56. The predicted molar refractivity (Wildman–Crippen MR) is 71.3 cm³/mol. The molecule has 1 spiro atoms. The van der Waals surface area contributed by atoms with E-state index in [1.54, 1.807) is 0 Å². The Morgan fingerprint density at radius 2 is 2.12 bits per heavy atom. The quantitative estimate of drug-likeness (QED) is 0.813. The van der Waals surface area contributed by atoms with E-state index in [-0.39, 0.29) is 0 Å². The maximum Gasteiger partial charge on any atom is 0.0618 e. The maximum atomic E-state index is 5.39. The molecule has 1 N–H and O–H groups in total. The first kappa shape index (κ1) is 13.3. The van der Waals surface area contributed by atoms with Gasteiger partial charge in [0.25, 0.3) is 0 Å². The lowest BCUT2D eigenvalue weighted by Crippen LogP contribution is -2.65. The smallest absolute Gasteiger partial charge is 0.0618 e. The Hall–Kier alpha value is -0.120. The summed E-state index contributed by atoms with van der Waals surface area (Å²) in [5.74, 6) is 0. The monoisotopic (exact) mass is 240 g/mol. The minimum absolute atomic E-state index is 0.424. The van der Waals surface area contributed by atoms with Crippen molar-refractivity contribution < 1.29 is 4.74 Å². The second-order valence-electron chi connectivity index (χ2n) is 5.91. The van der Waals surface area contributed by atoms with Crippen LogP contribution < -0.4 is 5.32 Å². The van der Waals surface area contributed by atoms with Crippen LogP contribution in [-0.2, 0) is 4.74 Å². The van der Waals surface area contributed by atoms with Crippen LogP contribution in [0.4, 0.5) is 0 Å². The third-order valence-corrected chi connectivity index (χ3v) is 4.68. The van der Waals surface area contributed by atoms with Crippen molar-refractivity contribution in [1.82, 2.24) is 10.2 Å². The Balaban J connectivity index is 2.02. The van der Waals surface area contributed by atoms with E-state index < -0.39 is 0 Å². The van der Waals surface area contributed by atoms with E-state index >= 15 is 0 Å². The highest BCUT2D eigenvalue weighted by molar-refractivity contribution is 5.01. The van der Waals surface area contributed by atoms with Gasteiger partial charge < -0.3 is 10.1 Å². The van der Waals surface area contributed by atoms with Crippen molar-refractivity contribution in [2.24, 2.45) is 0 Å². The minimum atomic E-state index is 0.424. The standard InChI is InChI=1S/C14H28N2O/c1-4-13(10-17-3)16-11-14(7-5-6-8-14)15-9-12(16)2/h12-13,15H,4-11H2,1-3H3. The predicted octanol–water partition coefficient (Wildman–Crippen LogP) is 2.02. The summed E-state index contributed by atoms with van der Waals surface area (Å²) in [6.07, 6.45) is 6.71. The Morgan fingerprint density at radius 1 is 1.41 bits per heavy atom. The number of rotatable bonds is 4. The molecule has 2 aliphatic rings. The molecular weight excluding hydrogens is 212 g/mol. The lowest BCUT2D eigenvalue weighted by molar-refractivity contribution is 0.0133. The van der Waals surface area contributed by atoms with Crippen molar-refractivity contribution in [3.05, 3.63) is 0 Å². The molecule has 0 amide bonds. The first-order valence-electron chi connectivity index (χ1n) is 7.20. The third-order valence-electron chi connectivity index (χ3n) is 4.68. The Morgan fingerprint density at radius 3 is 2.71 bits per heavy atom. The molecular formula is C14H28N2O. The van der Waals surface area contributed by atoms with Crippen LogP contribution >= 0.6 is 0 Å². The van der Waals surface area contributed by atoms with E-state index in [4.69, 9.17) is 4.74 Å². The van der Waals surface area contributed by atoms with Crippen molar-refractivity contribution >= 4 is 0 Å². The molecule has 2 unspecified atom stereocenters. The highest BCUT2D eigenvalue weighted by Crippen LogP contribution is 2.34. The molecule has 17 heavy (non-hydrogen) atoms. The van der Waals surface area contributed by atoms with Gasteiger partial charge in [0, 0.05) is 37.8 Å². The number of nitrogens with zero attached hydrogens (tertiary/aromatic N) is 1. The molecule has 1 saturated carbocycles. The zero-order valence-electron chi connectivity index (χ0n) is 11.7. The van der Waals surface area contributed by atoms with Crippen molar-refractivity contribution in [2.75, 3.05) is 26.8 Å². The van der Waals surface area contributed by atoms with E-state index in [1.807, 2.05) is 7.11 Å². The Bertz CT molecular complexity index is 238. The second-order valence-corrected chi connectivity index (χ2v) is 5.91. The first-order chi connectivity index (χ1) is 8.21. The number of hydrogen-bond acceptors (Lipinski definition) is 3. The number of nitrogens with one attached hydrogen (secondary N) is 1. The van der Waals surface area contributed by atoms with Crippen LogP contribution in [-0.4, -0.2) is 49.3 Å². The van der Waals surface area contributed by atoms with E-state index in [2.05, 4.69) is 24.1 Å². The fourth-order valence-electron chi connectivity index (χ4n) is 3.56. The highest BCUT2D eigenvalue weighted by Gasteiger charge is 2.41. The third kappa shape index (κ3) is 2.83. The van der Waals surface area contributed by atoms with Gasteiger partial charge in [0.15, 0.2) is 0 Å². The van der Waals surface area contributed by atoms with Gasteiger partial charge in [-0.05, 0) is 26.2 Å². The zero-order chi connectivity index (χ0) is 12.3. The van der Waals surface area contributed by atoms with Crippen LogP contribution in [0.3, 0.4) is 0 Å². The van der Waals surface area contributed by atoms with E-state index in [0.717, 1.165) is 13.2 Å². The summed E-state index contributed by atoms with van der Waals surface area (Å²) in [5, 5.41) is 3.81. The summed E-state index contributed by atoms with van der Waals surface area (Å²) in [7, 11) is 1.82. The molecule has 1 heterocycles. The van der Waals surface area contributed by atoms with Crippen LogP contribution in [0, 0.1) is 0 Å². The normalized spacial score (nSPS) is 30.9. The lowest BCUT2D eigenvalue weighted by atomic mass is 9.91. The number of piperazine rings is 1. The van der Waals surface area contributed by atoms with Gasteiger partial charge in [0.05, 0.1) is 6.61 Å². The van der Waals surface area contributed by atoms with Crippen LogP contribution in [0.2, 0.25) is 0 Å². The lowest BCUT2D eigenvalue weighted by Gasteiger charge is -2.48. The molecule has 3 nitrogen and oxygen atoms in total. The summed E-state index contributed by atoms with van der Waals surface area (Å²) >= 11 is 0. The average Bonchev–Trinajstić information content (AvgIpc) is 2.78. The molecule has 2 rings (SSSR count). The van der Waals surface area contributed by atoms with Crippen molar-refractivity contribution in [3.63, 3.8) is 0 Å². The Labute approximate surface area is 106 Å². The maximum absolute atomic E-state index is 5.39. The van der Waals surface area contributed by atoms with Gasteiger partial charge in [-0.3, -0.25) is 4.90 Å². The topological polar surface area (TPSA) is 24.5 Å². The molecule has 0 aromatic heterocycles. The summed E-state index contributed by atoms with van der Waals surface area (Å²) in [5.41, 5.74) is 0.424. The summed E-state index contributed by atoms with van der Waals surface area (Å²) < 4.78 is 5.39. The van der Waals surface area contributed by atoms with Crippen LogP contribution in [0.25, 0.3) is 0 Å². The first-order valence-corrected chi connectivity index (χ1v) is 7.20. The van der Waals surface area contributed by atoms with Crippen molar-refractivity contribution in [2.45, 2.75) is 63.6 Å². The van der Waals surface area contributed by atoms with Crippen molar-refractivity contribution in [1.29, 1.82) is 0 Å². The minimum Gasteiger partial charge on any atom is -0.383 e. The molecule has 1 aliphatic heterocycles. The summed E-state index contributed by atoms with van der Waals surface area (Å²) in [6, 6.07) is 1.23. The fraction of sp³-hybridized carbons (Fsp3) is 1.00. The van der Waals surface area contributed by atoms with Gasteiger partial charge in [-0.1, -0.05) is 19.8 Å². The van der Waals surface area contributed by atoms with Gasteiger partial charge >= 0.3 is 0 Å². The molecule has 3 heteroatoms. The molecule has 2 atom stereocenters. The summed E-state index contributed by atoms with van der Waals surface area (Å²) in [6.45, 7) is 7.85. The van der Waals surface area contributed by atoms with E-state index in [1.165, 1.54) is 38.6 Å². The van der Waals surface area contributed by atoms with Crippen molar-refractivity contribution in [3.8, 4) is 0 Å². The van der Waals surface area contributed by atoms with E-state index in [9.17, 15) is 0 Å². The molecule has 1 aliphatic carbocycles. The molecule has 2 fully saturated rings. The number of ether oxygens (including phenoxy) is 1. The molecule has 0 bridgehead atoms. The average molecular weight is 240 g/mol. The van der Waals surface area contributed by atoms with Gasteiger partial charge in [-0.2, -0.15) is 0 Å². The summed E-state index contributed by atoms with van der Waals surface area (Å²) in [4.78, 5) is 2.69. The number of hydrogen-bond donors (Lipinski definition) is 1. The van der Waals surface area contributed by atoms with Gasteiger partial charge in [-0.25, -0.2) is 0 Å². The highest BCUT2D eigenvalue weighted by atomic mass is 16.5. The largest absolute Gasteiger partial charge is 0.383 e. The molecule has 0 radical (unpaired) electrons. The zero-order valence-corrected chi connectivity index (χ0v) is 11.7. The van der Waals surface area contributed by atoms with Crippen LogP contribution in [0.15, 0.2) is 0 Å².